The van der Waals surface area contributed by atoms with Crippen molar-refractivity contribution in [2.45, 2.75) is 47.3 Å². The predicted molar refractivity (Wildman–Crippen MR) is 139 cm³/mol. The average molecular weight is 462 g/mol. The van der Waals surface area contributed by atoms with Crippen molar-refractivity contribution in [3.05, 3.63) is 72.3 Å². The summed E-state index contributed by atoms with van der Waals surface area (Å²) in [5.74, 6) is 0. The number of hydrogen-bond donors (Lipinski definition) is 0. The predicted octanol–water partition coefficient (Wildman–Crippen LogP) is 7.55. The molecule has 0 amide bonds. The van der Waals surface area contributed by atoms with E-state index in [1.165, 1.54) is 11.4 Å². The third-order valence-electron chi connectivity index (χ3n) is 5.49. The average Bonchev–Trinajstić information content (AvgIpc) is 2.83. The first-order valence-electron chi connectivity index (χ1n) is 11.2. The van der Waals surface area contributed by atoms with Crippen molar-refractivity contribution in [3.63, 3.8) is 0 Å². The van der Waals surface area contributed by atoms with Gasteiger partial charge in [-0.05, 0) is 88.4 Å². The summed E-state index contributed by atoms with van der Waals surface area (Å²) >= 11 is 3.30. The molecule has 0 aliphatic heterocycles. The summed E-state index contributed by atoms with van der Waals surface area (Å²) in [5, 5.41) is 9.93. The van der Waals surface area contributed by atoms with Crippen LogP contribution >= 0.6 is 23.5 Å². The molecular formula is C27H31N3S2. The van der Waals surface area contributed by atoms with Crippen molar-refractivity contribution in [3.8, 4) is 6.07 Å². The third-order valence-corrected chi connectivity index (χ3v) is 7.62. The first kappa shape index (κ1) is 24.1. The van der Waals surface area contributed by atoms with E-state index < -0.39 is 0 Å². The van der Waals surface area contributed by atoms with Gasteiger partial charge in [-0.2, -0.15) is 5.26 Å². The van der Waals surface area contributed by atoms with E-state index in [0.717, 1.165) is 51.3 Å². The zero-order chi connectivity index (χ0) is 22.9. The Hall–Kier alpha value is -2.55. The number of rotatable bonds is 10. The molecule has 0 aliphatic rings. The Morgan fingerprint density at radius 2 is 1.00 bits per heavy atom. The van der Waals surface area contributed by atoms with Gasteiger partial charge in [-0.25, -0.2) is 0 Å². The molecule has 0 aliphatic carbocycles. The van der Waals surface area contributed by atoms with E-state index in [1.54, 1.807) is 23.5 Å². The van der Waals surface area contributed by atoms with Crippen molar-refractivity contribution in [1.82, 2.24) is 0 Å². The van der Waals surface area contributed by atoms with Crippen LogP contribution in [0.5, 0.6) is 0 Å². The summed E-state index contributed by atoms with van der Waals surface area (Å²) in [6.45, 7) is 12.7. The van der Waals surface area contributed by atoms with E-state index in [-0.39, 0.29) is 0 Å². The lowest BCUT2D eigenvalue weighted by molar-refractivity contribution is 0.865. The highest BCUT2D eigenvalue weighted by Gasteiger charge is 2.12. The molecule has 5 heteroatoms. The lowest BCUT2D eigenvalue weighted by Gasteiger charge is -2.21. The standard InChI is InChI=1S/C27H31N3S2/c1-5-29(6-2)21-12-16-23(17-13-21)31-26-10-9-11-27(25(26)20-28)32-24-18-14-22(15-19-24)30(7-3)8-4/h9-19H,5-8H2,1-4H3. The summed E-state index contributed by atoms with van der Waals surface area (Å²) in [6.07, 6.45) is 0. The highest BCUT2D eigenvalue weighted by molar-refractivity contribution is 8.00. The van der Waals surface area contributed by atoms with Crippen LogP contribution in [0, 0.1) is 11.3 Å². The van der Waals surface area contributed by atoms with Crippen LogP contribution in [0.3, 0.4) is 0 Å². The molecule has 0 radical (unpaired) electrons. The second-order valence-corrected chi connectivity index (χ2v) is 9.51. The van der Waals surface area contributed by atoms with Gasteiger partial charge in [0.25, 0.3) is 0 Å². The Balaban J connectivity index is 1.79. The summed E-state index contributed by atoms with van der Waals surface area (Å²) in [4.78, 5) is 8.93. The highest BCUT2D eigenvalue weighted by atomic mass is 32.2. The van der Waals surface area contributed by atoms with Crippen LogP contribution in [-0.2, 0) is 0 Å². The maximum absolute atomic E-state index is 9.93. The molecule has 32 heavy (non-hydrogen) atoms. The van der Waals surface area contributed by atoms with Crippen LogP contribution in [0.1, 0.15) is 33.3 Å². The molecule has 0 bridgehead atoms. The van der Waals surface area contributed by atoms with Crippen molar-refractivity contribution in [1.29, 1.82) is 5.26 Å². The molecule has 0 fully saturated rings. The third kappa shape index (κ3) is 5.82. The van der Waals surface area contributed by atoms with Gasteiger partial charge in [0, 0.05) is 57.1 Å². The molecule has 0 N–H and O–H groups in total. The van der Waals surface area contributed by atoms with Gasteiger partial charge in [-0.1, -0.05) is 29.6 Å². The SMILES string of the molecule is CCN(CC)c1ccc(Sc2cccc(Sc3ccc(N(CC)CC)cc3)c2C#N)cc1. The smallest absolute Gasteiger partial charge is 0.102 e. The van der Waals surface area contributed by atoms with Crippen molar-refractivity contribution >= 4 is 34.9 Å². The topological polar surface area (TPSA) is 30.3 Å². The number of nitrogens with zero attached hydrogens (tertiary/aromatic N) is 3. The second kappa shape index (κ2) is 11.9. The molecule has 3 rings (SSSR count). The van der Waals surface area contributed by atoms with Crippen LogP contribution in [0.2, 0.25) is 0 Å². The van der Waals surface area contributed by atoms with Crippen molar-refractivity contribution < 1.29 is 0 Å². The molecule has 3 nitrogen and oxygen atoms in total. The molecule has 166 valence electrons. The summed E-state index contributed by atoms with van der Waals surface area (Å²) in [7, 11) is 0. The Morgan fingerprint density at radius 3 is 1.31 bits per heavy atom. The van der Waals surface area contributed by atoms with Gasteiger partial charge in [0.15, 0.2) is 0 Å². The Labute approximate surface area is 201 Å². The summed E-state index contributed by atoms with van der Waals surface area (Å²) in [6, 6.07) is 25.8. The Bertz CT molecular complexity index is 956. The normalized spacial score (nSPS) is 10.6. The molecule has 0 atom stereocenters. The monoisotopic (exact) mass is 461 g/mol. The fraction of sp³-hybridized carbons (Fsp3) is 0.296. The van der Waals surface area contributed by atoms with Crippen LogP contribution in [0.4, 0.5) is 11.4 Å². The van der Waals surface area contributed by atoms with Crippen LogP contribution in [-0.4, -0.2) is 26.2 Å². The Kier molecular flexibility index (Phi) is 8.96. The van der Waals surface area contributed by atoms with Gasteiger partial charge in [0.1, 0.15) is 6.07 Å². The minimum atomic E-state index is 0.739. The minimum absolute atomic E-state index is 0.739. The molecule has 0 spiro atoms. The summed E-state index contributed by atoms with van der Waals surface area (Å²) in [5.41, 5.74) is 3.21. The van der Waals surface area contributed by atoms with Gasteiger partial charge in [0.2, 0.25) is 0 Å². The van der Waals surface area contributed by atoms with E-state index in [9.17, 15) is 5.26 Å². The fourth-order valence-electron chi connectivity index (χ4n) is 3.67. The maximum Gasteiger partial charge on any atom is 0.102 e. The second-order valence-electron chi connectivity index (χ2n) is 7.28. The first-order chi connectivity index (χ1) is 15.6. The zero-order valence-electron chi connectivity index (χ0n) is 19.3. The molecule has 0 aromatic heterocycles. The minimum Gasteiger partial charge on any atom is -0.372 e. The van der Waals surface area contributed by atoms with E-state index in [2.05, 4.69) is 92.1 Å². The molecule has 0 saturated carbocycles. The number of benzene rings is 3. The molecule has 0 unspecified atom stereocenters. The molecular weight excluding hydrogens is 430 g/mol. The van der Waals surface area contributed by atoms with E-state index >= 15 is 0 Å². The number of nitriles is 1. The zero-order valence-corrected chi connectivity index (χ0v) is 21.0. The molecule has 0 heterocycles. The van der Waals surface area contributed by atoms with Crippen LogP contribution in [0.15, 0.2) is 86.3 Å². The number of hydrogen-bond acceptors (Lipinski definition) is 5. The lowest BCUT2D eigenvalue weighted by Crippen LogP contribution is -2.21. The molecule has 0 saturated heterocycles. The van der Waals surface area contributed by atoms with Crippen molar-refractivity contribution in [2.24, 2.45) is 0 Å². The van der Waals surface area contributed by atoms with Crippen LogP contribution in [0.25, 0.3) is 0 Å². The Morgan fingerprint density at radius 1 is 0.625 bits per heavy atom. The lowest BCUT2D eigenvalue weighted by atomic mass is 10.2. The van der Waals surface area contributed by atoms with Crippen molar-refractivity contribution in [2.75, 3.05) is 36.0 Å². The van der Waals surface area contributed by atoms with Crippen LogP contribution < -0.4 is 9.80 Å². The number of anilines is 2. The van der Waals surface area contributed by atoms with Gasteiger partial charge < -0.3 is 9.80 Å². The van der Waals surface area contributed by atoms with Gasteiger partial charge >= 0.3 is 0 Å². The highest BCUT2D eigenvalue weighted by Crippen LogP contribution is 2.38. The fourth-order valence-corrected chi connectivity index (χ4v) is 5.60. The summed E-state index contributed by atoms with van der Waals surface area (Å²) < 4.78 is 0. The molecule has 3 aromatic carbocycles. The molecule has 3 aromatic rings. The van der Waals surface area contributed by atoms with Gasteiger partial charge in [-0.3, -0.25) is 0 Å². The van der Waals surface area contributed by atoms with E-state index in [1.807, 2.05) is 18.2 Å². The van der Waals surface area contributed by atoms with Gasteiger partial charge in [0.05, 0.1) is 5.56 Å². The largest absolute Gasteiger partial charge is 0.372 e. The first-order valence-corrected chi connectivity index (χ1v) is 12.9. The quantitative estimate of drug-likeness (QED) is 0.311. The van der Waals surface area contributed by atoms with Gasteiger partial charge in [-0.15, -0.1) is 0 Å². The maximum atomic E-state index is 9.93. The van der Waals surface area contributed by atoms with E-state index in [0.29, 0.717) is 0 Å². The van der Waals surface area contributed by atoms with E-state index in [4.69, 9.17) is 0 Å².